The highest BCUT2D eigenvalue weighted by Crippen LogP contribution is 2.47. The Morgan fingerprint density at radius 1 is 1.07 bits per heavy atom. The van der Waals surface area contributed by atoms with E-state index < -0.39 is 49.5 Å². The fourth-order valence-corrected chi connectivity index (χ4v) is 13.1. The van der Waals surface area contributed by atoms with Crippen molar-refractivity contribution in [2.24, 2.45) is 5.92 Å². The van der Waals surface area contributed by atoms with E-state index in [1.165, 1.54) is 0 Å². The molecule has 1 saturated heterocycles. The highest BCUT2D eigenvalue weighted by molar-refractivity contribution is 6.77. The largest absolute Gasteiger partial charge is 0.464 e. The van der Waals surface area contributed by atoms with Gasteiger partial charge in [0.05, 0.1) is 12.7 Å². The molecule has 0 bridgehead atoms. The van der Waals surface area contributed by atoms with Crippen LogP contribution in [0.15, 0.2) is 12.2 Å². The fourth-order valence-electron chi connectivity index (χ4n) is 7.54. The molecule has 1 saturated carbocycles. The number of alkyl carbamates (subject to hydrolysis) is 1. The Bertz CT molecular complexity index is 1080. The van der Waals surface area contributed by atoms with Crippen molar-refractivity contribution < 1.29 is 33.1 Å². The van der Waals surface area contributed by atoms with Crippen molar-refractivity contribution in [3.05, 3.63) is 12.2 Å². The van der Waals surface area contributed by atoms with Gasteiger partial charge in [0.25, 0.3) is 0 Å². The van der Waals surface area contributed by atoms with E-state index in [9.17, 15) is 19.2 Å². The number of allylic oxidation sites excluding steroid dienone is 1. The second-order valence-corrected chi connectivity index (χ2v) is 20.5. The number of nitrogens with zero attached hydrogens (tertiary/aromatic N) is 1. The molecule has 0 aromatic heterocycles. The lowest BCUT2D eigenvalue weighted by atomic mass is 10.0. The van der Waals surface area contributed by atoms with E-state index >= 15 is 0 Å². The van der Waals surface area contributed by atoms with E-state index in [-0.39, 0.29) is 31.1 Å². The highest BCUT2D eigenvalue weighted by Gasteiger charge is 2.62. The molecule has 11 heteroatoms. The zero-order valence-electron chi connectivity index (χ0n) is 29.4. The third-order valence-electron chi connectivity index (χ3n) is 9.65. The molecule has 2 N–H and O–H groups in total. The zero-order valence-corrected chi connectivity index (χ0v) is 30.4. The maximum absolute atomic E-state index is 14.4. The topological polar surface area (TPSA) is 123 Å². The maximum atomic E-state index is 14.4. The lowest BCUT2D eigenvalue weighted by Gasteiger charge is -2.44. The van der Waals surface area contributed by atoms with Crippen molar-refractivity contribution in [3.8, 4) is 0 Å². The van der Waals surface area contributed by atoms with Crippen molar-refractivity contribution >= 4 is 32.2 Å². The molecule has 1 aliphatic carbocycles. The van der Waals surface area contributed by atoms with E-state index in [0.29, 0.717) is 35.9 Å². The molecular formula is C34H59N3O7Si. The van der Waals surface area contributed by atoms with E-state index in [1.54, 1.807) is 32.6 Å². The average Bonchev–Trinajstić information content (AvgIpc) is 3.45. The molecule has 2 heterocycles. The van der Waals surface area contributed by atoms with Gasteiger partial charge in [-0.05, 0) is 70.0 Å². The minimum Gasteiger partial charge on any atom is -0.464 e. The van der Waals surface area contributed by atoms with E-state index in [2.05, 4.69) is 58.3 Å². The number of hydrogen-bond acceptors (Lipinski definition) is 7. The molecular weight excluding hydrogens is 590 g/mol. The lowest BCUT2D eigenvalue weighted by molar-refractivity contribution is -0.150. The molecule has 0 aromatic carbocycles. The normalized spacial score (nSPS) is 29.0. The number of fused-ring (bicyclic) bond motifs is 2. The van der Waals surface area contributed by atoms with Crippen molar-refractivity contribution in [1.29, 1.82) is 0 Å². The van der Waals surface area contributed by atoms with Gasteiger partial charge in [-0.2, -0.15) is 0 Å². The van der Waals surface area contributed by atoms with Crippen LogP contribution in [-0.2, 0) is 28.3 Å². The number of ether oxygens (including phenoxy) is 2. The van der Waals surface area contributed by atoms with Crippen LogP contribution in [0.25, 0.3) is 0 Å². The smallest absolute Gasteiger partial charge is 0.408 e. The molecule has 3 rings (SSSR count). The maximum Gasteiger partial charge on any atom is 0.408 e. The Kier molecular flexibility index (Phi) is 12.4. The van der Waals surface area contributed by atoms with Gasteiger partial charge in [0, 0.05) is 18.9 Å². The number of rotatable bonds is 8. The molecule has 10 nitrogen and oxygen atoms in total. The summed E-state index contributed by atoms with van der Waals surface area (Å²) in [5.41, 5.74) is -0.888. The summed E-state index contributed by atoms with van der Waals surface area (Å²) in [7, 11) is -2.34. The van der Waals surface area contributed by atoms with Crippen LogP contribution >= 0.6 is 0 Å². The number of esters is 1. The molecule has 3 amide bonds. The number of carbonyl (C=O) groups is 4. The first-order valence-electron chi connectivity index (χ1n) is 17.1. The van der Waals surface area contributed by atoms with E-state index in [4.69, 9.17) is 13.9 Å². The van der Waals surface area contributed by atoms with Gasteiger partial charge in [-0.3, -0.25) is 9.59 Å². The minimum atomic E-state index is -2.34. The highest BCUT2D eigenvalue weighted by atomic mass is 28.4. The van der Waals surface area contributed by atoms with Gasteiger partial charge >= 0.3 is 12.1 Å². The summed E-state index contributed by atoms with van der Waals surface area (Å²) in [6.45, 7) is 20.8. The second-order valence-electron chi connectivity index (χ2n) is 15.1. The predicted octanol–water partition coefficient (Wildman–Crippen LogP) is 6.00. The number of amides is 3. The zero-order chi connectivity index (χ0) is 33.7. The Labute approximate surface area is 271 Å². The van der Waals surface area contributed by atoms with Crippen LogP contribution in [-0.4, -0.2) is 79.6 Å². The Morgan fingerprint density at radius 3 is 2.29 bits per heavy atom. The van der Waals surface area contributed by atoms with Crippen LogP contribution in [0.3, 0.4) is 0 Å². The van der Waals surface area contributed by atoms with Crippen LogP contribution in [0.2, 0.25) is 16.6 Å². The van der Waals surface area contributed by atoms with Gasteiger partial charge in [-0.25, -0.2) is 9.59 Å². The molecule has 0 aromatic rings. The summed E-state index contributed by atoms with van der Waals surface area (Å²) in [6, 6.07) is -1.71. The first-order chi connectivity index (χ1) is 21.0. The molecule has 2 aliphatic heterocycles. The Morgan fingerprint density at radius 2 is 1.71 bits per heavy atom. The van der Waals surface area contributed by atoms with Gasteiger partial charge in [0.15, 0.2) is 0 Å². The fraction of sp³-hybridized carbons (Fsp3) is 0.824. The van der Waals surface area contributed by atoms with Crippen molar-refractivity contribution in [2.45, 2.75) is 160 Å². The van der Waals surface area contributed by atoms with Gasteiger partial charge in [0.2, 0.25) is 20.1 Å². The quantitative estimate of drug-likeness (QED) is 0.188. The van der Waals surface area contributed by atoms with Crippen molar-refractivity contribution in [3.63, 3.8) is 0 Å². The third-order valence-corrected chi connectivity index (χ3v) is 15.8. The molecule has 3 aliphatic rings. The first kappa shape index (κ1) is 37.1. The molecule has 256 valence electrons. The molecule has 2 fully saturated rings. The third kappa shape index (κ3) is 8.70. The van der Waals surface area contributed by atoms with Crippen LogP contribution in [0.4, 0.5) is 4.79 Å². The lowest BCUT2D eigenvalue weighted by Crippen LogP contribution is -2.56. The minimum absolute atomic E-state index is 0.160. The monoisotopic (exact) mass is 649 g/mol. The summed E-state index contributed by atoms with van der Waals surface area (Å²) in [6.07, 6.45) is 7.60. The average molecular weight is 650 g/mol. The molecule has 0 spiro atoms. The SMILES string of the molecule is CCOC(=O)[C@@]12C[C@H]1/C=C\CCCCC[C@H](NC(=O)OC(C)(C)C)C(=O)N1C[C@@H](O[Si](C(C)C)(C(C)C)C(C)C)C[C@H]1C(=O)N2. The van der Waals surface area contributed by atoms with Crippen LogP contribution < -0.4 is 10.6 Å². The van der Waals surface area contributed by atoms with Crippen molar-refractivity contribution in [2.75, 3.05) is 13.2 Å². The van der Waals surface area contributed by atoms with Crippen LogP contribution in [0.5, 0.6) is 0 Å². The summed E-state index contributed by atoms with van der Waals surface area (Å²) >= 11 is 0. The summed E-state index contributed by atoms with van der Waals surface area (Å²) < 4.78 is 18.0. The van der Waals surface area contributed by atoms with Crippen LogP contribution in [0.1, 0.15) is 114 Å². The summed E-state index contributed by atoms with van der Waals surface area (Å²) in [4.78, 5) is 56.2. The number of hydrogen-bond donors (Lipinski definition) is 2. The predicted molar refractivity (Wildman–Crippen MR) is 177 cm³/mol. The standard InChI is InChI=1S/C34H59N3O7Si/c1-11-42-31(40)34-20-25(34)17-15-13-12-14-16-18-27(35-32(41)43-33(8,9)10)30(39)37-21-26(19-28(37)29(38)36-34)44-45(22(2)3,23(4)5)24(6)7/h15,17,22-28H,11-14,16,18-21H2,1-10H3,(H,35,41)(H,36,38)/b17-15-/t25-,26+,27+,28+,34-/m1/s1. The second kappa shape index (κ2) is 15.0. The van der Waals surface area contributed by atoms with Gasteiger partial charge < -0.3 is 29.4 Å². The molecule has 45 heavy (non-hydrogen) atoms. The summed E-state index contributed by atoms with van der Waals surface area (Å²) in [5.74, 6) is -1.33. The molecule has 0 radical (unpaired) electrons. The van der Waals surface area contributed by atoms with Gasteiger partial charge in [-0.15, -0.1) is 0 Å². The van der Waals surface area contributed by atoms with E-state index in [0.717, 1.165) is 25.7 Å². The van der Waals surface area contributed by atoms with E-state index in [1.807, 2.05) is 6.08 Å². The number of carbonyl (C=O) groups excluding carboxylic acids is 4. The molecule has 5 atom stereocenters. The van der Waals surface area contributed by atoms with Crippen molar-refractivity contribution in [1.82, 2.24) is 15.5 Å². The first-order valence-corrected chi connectivity index (χ1v) is 19.3. The van der Waals surface area contributed by atoms with Gasteiger partial charge in [0.1, 0.15) is 23.2 Å². The van der Waals surface area contributed by atoms with Crippen LogP contribution in [0, 0.1) is 5.92 Å². The molecule has 0 unspecified atom stereocenters. The summed E-state index contributed by atoms with van der Waals surface area (Å²) in [5, 5.41) is 5.85. The Hall–Kier alpha value is -2.40. The van der Waals surface area contributed by atoms with Gasteiger partial charge in [-0.1, -0.05) is 66.5 Å². The number of nitrogens with one attached hydrogen (secondary N) is 2. The Balaban J connectivity index is 2.00.